The minimum Gasteiger partial charge on any atom is -0.314 e. The SMILES string of the molecule is Cc1nc(-c2ccccc2)nc(-c2cccc([N+](=O)[O-])c2)c1CN1CCNCC1. The summed E-state index contributed by atoms with van der Waals surface area (Å²) in [4.78, 5) is 22.9. The monoisotopic (exact) mass is 389 g/mol. The summed E-state index contributed by atoms with van der Waals surface area (Å²) in [6, 6.07) is 16.5. The zero-order chi connectivity index (χ0) is 20.2. The number of nitro benzene ring substituents is 1. The molecule has 0 bridgehead atoms. The van der Waals surface area contributed by atoms with Gasteiger partial charge < -0.3 is 5.32 Å². The number of benzene rings is 2. The van der Waals surface area contributed by atoms with Crippen molar-refractivity contribution in [3.8, 4) is 22.6 Å². The van der Waals surface area contributed by atoms with E-state index in [2.05, 4.69) is 10.2 Å². The molecular formula is C22H23N5O2. The molecule has 0 saturated carbocycles. The van der Waals surface area contributed by atoms with Crippen molar-refractivity contribution in [2.45, 2.75) is 13.5 Å². The predicted octanol–water partition coefficient (Wildman–Crippen LogP) is 3.43. The topological polar surface area (TPSA) is 84.2 Å². The number of non-ortho nitro benzene ring substituents is 1. The first kappa shape index (κ1) is 19.2. The van der Waals surface area contributed by atoms with Gasteiger partial charge in [-0.2, -0.15) is 0 Å². The van der Waals surface area contributed by atoms with Gasteiger partial charge in [-0.25, -0.2) is 9.97 Å². The second-order valence-electron chi connectivity index (χ2n) is 7.16. The maximum Gasteiger partial charge on any atom is 0.270 e. The number of aromatic nitrogens is 2. The Morgan fingerprint density at radius 3 is 2.48 bits per heavy atom. The first-order valence-electron chi connectivity index (χ1n) is 9.72. The van der Waals surface area contributed by atoms with Crippen LogP contribution in [-0.2, 0) is 6.54 Å². The fraction of sp³-hybridized carbons (Fsp3) is 0.273. The fourth-order valence-electron chi connectivity index (χ4n) is 3.60. The van der Waals surface area contributed by atoms with Crippen LogP contribution in [-0.4, -0.2) is 46.0 Å². The lowest BCUT2D eigenvalue weighted by Gasteiger charge is -2.28. The molecule has 1 fully saturated rings. The number of piperazine rings is 1. The Balaban J connectivity index is 1.83. The normalized spacial score (nSPS) is 14.7. The Hall–Kier alpha value is -3.16. The molecule has 0 unspecified atom stereocenters. The minimum atomic E-state index is -0.369. The Morgan fingerprint density at radius 2 is 1.76 bits per heavy atom. The van der Waals surface area contributed by atoms with Gasteiger partial charge in [0.25, 0.3) is 5.69 Å². The van der Waals surface area contributed by atoms with Gasteiger partial charge in [-0.1, -0.05) is 42.5 Å². The van der Waals surface area contributed by atoms with E-state index in [0.29, 0.717) is 5.82 Å². The molecule has 0 radical (unpaired) electrons. The Kier molecular flexibility index (Phi) is 5.59. The van der Waals surface area contributed by atoms with E-state index in [0.717, 1.165) is 60.8 Å². The second kappa shape index (κ2) is 8.46. The van der Waals surface area contributed by atoms with Gasteiger partial charge in [0.2, 0.25) is 0 Å². The molecule has 2 heterocycles. The highest BCUT2D eigenvalue weighted by Crippen LogP contribution is 2.30. The lowest BCUT2D eigenvalue weighted by atomic mass is 10.0. The number of hydrogen-bond acceptors (Lipinski definition) is 6. The summed E-state index contributed by atoms with van der Waals surface area (Å²) in [5.74, 6) is 0.633. The zero-order valence-electron chi connectivity index (χ0n) is 16.3. The van der Waals surface area contributed by atoms with Crippen LogP contribution in [0.3, 0.4) is 0 Å². The quantitative estimate of drug-likeness (QED) is 0.532. The number of nitrogens with zero attached hydrogens (tertiary/aromatic N) is 4. The summed E-state index contributed by atoms with van der Waals surface area (Å²) in [5, 5.41) is 14.7. The van der Waals surface area contributed by atoms with Crippen molar-refractivity contribution in [3.05, 3.63) is 76.0 Å². The molecule has 1 saturated heterocycles. The average Bonchev–Trinajstić information content (AvgIpc) is 2.76. The van der Waals surface area contributed by atoms with Crippen LogP contribution in [0.5, 0.6) is 0 Å². The number of aryl methyl sites for hydroxylation is 1. The largest absolute Gasteiger partial charge is 0.314 e. The van der Waals surface area contributed by atoms with Gasteiger partial charge in [0.05, 0.1) is 10.6 Å². The lowest BCUT2D eigenvalue weighted by Crippen LogP contribution is -2.43. The smallest absolute Gasteiger partial charge is 0.270 e. The summed E-state index contributed by atoms with van der Waals surface area (Å²) in [6.45, 7) is 6.53. The van der Waals surface area contributed by atoms with E-state index in [4.69, 9.17) is 9.97 Å². The Morgan fingerprint density at radius 1 is 1.03 bits per heavy atom. The van der Waals surface area contributed by atoms with E-state index < -0.39 is 0 Å². The molecule has 1 aliphatic heterocycles. The molecule has 0 aliphatic carbocycles. The molecule has 7 heteroatoms. The molecular weight excluding hydrogens is 366 g/mol. The molecule has 148 valence electrons. The van der Waals surface area contributed by atoms with Crippen LogP contribution in [0.25, 0.3) is 22.6 Å². The maximum absolute atomic E-state index is 11.3. The van der Waals surface area contributed by atoms with Gasteiger partial charge in [-0.05, 0) is 6.92 Å². The number of hydrogen-bond donors (Lipinski definition) is 1. The summed E-state index contributed by atoms with van der Waals surface area (Å²) in [5.41, 5.74) is 4.42. The number of nitro groups is 1. The van der Waals surface area contributed by atoms with E-state index in [-0.39, 0.29) is 10.6 Å². The first-order chi connectivity index (χ1) is 14.1. The molecule has 7 nitrogen and oxygen atoms in total. The highest BCUT2D eigenvalue weighted by molar-refractivity contribution is 5.69. The third-order valence-electron chi connectivity index (χ3n) is 5.17. The third kappa shape index (κ3) is 4.31. The summed E-state index contributed by atoms with van der Waals surface area (Å²) in [7, 11) is 0. The van der Waals surface area contributed by atoms with Gasteiger partial charge in [0.1, 0.15) is 0 Å². The molecule has 0 atom stereocenters. The second-order valence-corrected chi connectivity index (χ2v) is 7.16. The molecule has 29 heavy (non-hydrogen) atoms. The zero-order valence-corrected chi connectivity index (χ0v) is 16.3. The van der Waals surface area contributed by atoms with Crippen molar-refractivity contribution in [1.82, 2.24) is 20.2 Å². The standard InChI is InChI=1S/C22H23N5O2/c1-16-20(15-26-12-10-23-11-13-26)21(18-8-5-9-19(14-18)27(28)29)25-22(24-16)17-6-3-2-4-7-17/h2-9,14,23H,10-13,15H2,1H3. The molecule has 0 amide bonds. The highest BCUT2D eigenvalue weighted by Gasteiger charge is 2.20. The molecule has 0 spiro atoms. The van der Waals surface area contributed by atoms with Crippen molar-refractivity contribution in [2.75, 3.05) is 26.2 Å². The lowest BCUT2D eigenvalue weighted by molar-refractivity contribution is -0.384. The van der Waals surface area contributed by atoms with Gasteiger partial charge in [0, 0.05) is 67.2 Å². The molecule has 2 aromatic carbocycles. The predicted molar refractivity (Wildman–Crippen MR) is 112 cm³/mol. The van der Waals surface area contributed by atoms with Crippen LogP contribution >= 0.6 is 0 Å². The van der Waals surface area contributed by atoms with E-state index in [1.165, 1.54) is 6.07 Å². The van der Waals surface area contributed by atoms with E-state index in [1.807, 2.05) is 43.3 Å². The van der Waals surface area contributed by atoms with E-state index >= 15 is 0 Å². The fourth-order valence-corrected chi connectivity index (χ4v) is 3.60. The minimum absolute atomic E-state index is 0.0631. The number of nitrogens with one attached hydrogen (secondary N) is 1. The van der Waals surface area contributed by atoms with E-state index in [9.17, 15) is 10.1 Å². The summed E-state index contributed by atoms with van der Waals surface area (Å²) >= 11 is 0. The van der Waals surface area contributed by atoms with Gasteiger partial charge in [-0.15, -0.1) is 0 Å². The maximum atomic E-state index is 11.3. The van der Waals surface area contributed by atoms with Crippen LogP contribution in [0.4, 0.5) is 5.69 Å². The first-order valence-corrected chi connectivity index (χ1v) is 9.72. The van der Waals surface area contributed by atoms with Gasteiger partial charge in [-0.3, -0.25) is 15.0 Å². The van der Waals surface area contributed by atoms with E-state index in [1.54, 1.807) is 12.1 Å². The van der Waals surface area contributed by atoms with Crippen LogP contribution in [0.1, 0.15) is 11.3 Å². The highest BCUT2D eigenvalue weighted by atomic mass is 16.6. The van der Waals surface area contributed by atoms with Crippen molar-refractivity contribution in [1.29, 1.82) is 0 Å². The van der Waals surface area contributed by atoms with Gasteiger partial charge >= 0.3 is 0 Å². The molecule has 1 aliphatic rings. The molecule has 3 aromatic rings. The Bertz CT molecular complexity index is 1020. The van der Waals surface area contributed by atoms with Crippen LogP contribution in [0.2, 0.25) is 0 Å². The molecule has 4 rings (SSSR count). The summed E-state index contributed by atoms with van der Waals surface area (Å²) < 4.78 is 0. The molecule has 1 N–H and O–H groups in total. The van der Waals surface area contributed by atoms with Crippen LogP contribution < -0.4 is 5.32 Å². The van der Waals surface area contributed by atoms with Gasteiger partial charge in [0.15, 0.2) is 5.82 Å². The molecule has 1 aromatic heterocycles. The van der Waals surface area contributed by atoms with Crippen molar-refractivity contribution < 1.29 is 4.92 Å². The van der Waals surface area contributed by atoms with Crippen molar-refractivity contribution >= 4 is 5.69 Å². The number of rotatable bonds is 5. The third-order valence-corrected chi connectivity index (χ3v) is 5.17. The average molecular weight is 389 g/mol. The van der Waals surface area contributed by atoms with Crippen LogP contribution in [0.15, 0.2) is 54.6 Å². The van der Waals surface area contributed by atoms with Crippen molar-refractivity contribution in [2.24, 2.45) is 0 Å². The van der Waals surface area contributed by atoms with Crippen molar-refractivity contribution in [3.63, 3.8) is 0 Å². The Labute approximate surface area is 169 Å². The summed E-state index contributed by atoms with van der Waals surface area (Å²) in [6.07, 6.45) is 0. The van der Waals surface area contributed by atoms with Crippen LogP contribution in [0, 0.1) is 17.0 Å².